The van der Waals surface area contributed by atoms with Crippen LogP contribution in [0, 0.1) is 11.8 Å². The Kier molecular flexibility index (Phi) is 3.53. The fourth-order valence-electron chi connectivity index (χ4n) is 3.91. The van der Waals surface area contributed by atoms with Gasteiger partial charge in [0.05, 0.1) is 11.5 Å². The van der Waals surface area contributed by atoms with E-state index in [4.69, 9.17) is 0 Å². The van der Waals surface area contributed by atoms with Gasteiger partial charge in [-0.15, -0.1) is 0 Å². The smallest absolute Gasteiger partial charge is 0.153 e. The second-order valence-electron chi connectivity index (χ2n) is 6.74. The van der Waals surface area contributed by atoms with Crippen LogP contribution < -0.4 is 15.1 Å². The zero-order valence-electron chi connectivity index (χ0n) is 12.7. The summed E-state index contributed by atoms with van der Waals surface area (Å²) in [6, 6.07) is 8.65. The fourth-order valence-corrected chi connectivity index (χ4v) is 5.11. The zero-order chi connectivity index (χ0) is 15.2. The first-order valence-corrected chi connectivity index (χ1v) is 9.94. The molecule has 0 aromatic heterocycles. The highest BCUT2D eigenvalue weighted by molar-refractivity contribution is 7.91. The monoisotopic (exact) mass is 321 g/mol. The Hall–Kier alpha value is -1.27. The summed E-state index contributed by atoms with van der Waals surface area (Å²) >= 11 is 0. The van der Waals surface area contributed by atoms with Gasteiger partial charge in [-0.25, -0.2) is 8.42 Å². The van der Waals surface area contributed by atoms with Gasteiger partial charge in [0.2, 0.25) is 0 Å². The molecule has 120 valence electrons. The number of rotatable bonds is 2. The molecule has 1 aromatic carbocycles. The van der Waals surface area contributed by atoms with Crippen LogP contribution in [0.15, 0.2) is 24.3 Å². The number of sulfone groups is 1. The normalized spacial score (nSPS) is 30.5. The lowest BCUT2D eigenvalue weighted by molar-refractivity contribution is 0.533. The molecule has 0 bridgehead atoms. The number of anilines is 2. The molecule has 2 atom stereocenters. The Bertz CT molecular complexity index is 618. The summed E-state index contributed by atoms with van der Waals surface area (Å²) in [5, 5.41) is 3.47. The maximum atomic E-state index is 11.5. The van der Waals surface area contributed by atoms with E-state index >= 15 is 0 Å². The molecule has 1 aromatic rings. The summed E-state index contributed by atoms with van der Waals surface area (Å²) in [7, 11) is -2.81. The molecule has 1 N–H and O–H groups in total. The summed E-state index contributed by atoms with van der Waals surface area (Å²) < 4.78 is 23.0. The first-order valence-electron chi connectivity index (χ1n) is 8.12. The van der Waals surface area contributed by atoms with Crippen LogP contribution in [0.4, 0.5) is 11.4 Å². The Morgan fingerprint density at radius 2 is 1.36 bits per heavy atom. The van der Waals surface area contributed by atoms with E-state index in [1.807, 2.05) is 0 Å². The number of nitrogens with one attached hydrogen (secondary N) is 1. The van der Waals surface area contributed by atoms with E-state index in [2.05, 4.69) is 39.4 Å². The van der Waals surface area contributed by atoms with Crippen molar-refractivity contribution >= 4 is 21.2 Å². The molecule has 0 amide bonds. The maximum Gasteiger partial charge on any atom is 0.153 e. The summed E-state index contributed by atoms with van der Waals surface area (Å²) in [5.41, 5.74) is 2.43. The zero-order valence-corrected chi connectivity index (χ0v) is 13.6. The molecule has 6 heteroatoms. The molecule has 5 nitrogen and oxygen atoms in total. The van der Waals surface area contributed by atoms with Crippen molar-refractivity contribution < 1.29 is 8.42 Å². The summed E-state index contributed by atoms with van der Waals surface area (Å²) in [5.74, 6) is 2.15. The highest BCUT2D eigenvalue weighted by Crippen LogP contribution is 2.31. The molecule has 3 heterocycles. The summed E-state index contributed by atoms with van der Waals surface area (Å²) in [6.45, 7) is 5.84. The van der Waals surface area contributed by atoms with Crippen LogP contribution in [0.1, 0.15) is 0 Å². The van der Waals surface area contributed by atoms with Gasteiger partial charge in [0.1, 0.15) is 0 Å². The number of benzene rings is 1. The highest BCUT2D eigenvalue weighted by atomic mass is 32.2. The van der Waals surface area contributed by atoms with Crippen molar-refractivity contribution in [1.82, 2.24) is 5.32 Å². The van der Waals surface area contributed by atoms with E-state index in [1.165, 1.54) is 5.69 Å². The third-order valence-corrected chi connectivity index (χ3v) is 6.92. The largest absolute Gasteiger partial charge is 0.371 e. The molecular weight excluding hydrogens is 298 g/mol. The minimum absolute atomic E-state index is 0.275. The van der Waals surface area contributed by atoms with Crippen LogP contribution in [-0.4, -0.2) is 59.2 Å². The van der Waals surface area contributed by atoms with Gasteiger partial charge in [0, 0.05) is 50.6 Å². The fraction of sp³-hybridized carbons (Fsp3) is 0.625. The van der Waals surface area contributed by atoms with Crippen LogP contribution in [0.2, 0.25) is 0 Å². The van der Waals surface area contributed by atoms with Crippen LogP contribution in [-0.2, 0) is 9.84 Å². The Morgan fingerprint density at radius 3 is 1.91 bits per heavy atom. The Morgan fingerprint density at radius 1 is 0.864 bits per heavy atom. The lowest BCUT2D eigenvalue weighted by atomic mass is 10.0. The van der Waals surface area contributed by atoms with Crippen molar-refractivity contribution in [2.24, 2.45) is 11.8 Å². The van der Waals surface area contributed by atoms with Crippen LogP contribution >= 0.6 is 0 Å². The van der Waals surface area contributed by atoms with Gasteiger partial charge >= 0.3 is 0 Å². The third kappa shape index (κ3) is 2.70. The van der Waals surface area contributed by atoms with E-state index in [0.717, 1.165) is 43.7 Å². The first kappa shape index (κ1) is 14.3. The molecule has 4 rings (SSSR count). The molecule has 0 aliphatic carbocycles. The van der Waals surface area contributed by atoms with Crippen molar-refractivity contribution in [3.8, 4) is 0 Å². The quantitative estimate of drug-likeness (QED) is 0.863. The van der Waals surface area contributed by atoms with Gasteiger partial charge in [-0.3, -0.25) is 0 Å². The molecule has 0 spiro atoms. The van der Waals surface area contributed by atoms with Crippen molar-refractivity contribution in [3.05, 3.63) is 24.3 Å². The third-order valence-electron chi connectivity index (χ3n) is 5.31. The van der Waals surface area contributed by atoms with Crippen molar-refractivity contribution in [2.45, 2.75) is 0 Å². The standard InChI is InChI=1S/C16H23N3O2S/c20-22(21)7-5-18(6-8-22)15-1-3-16(4-2-15)19-11-13-9-17-10-14(13)12-19/h1-4,13-14,17H,5-12H2/t13-,14+. The first-order chi connectivity index (χ1) is 10.6. The van der Waals surface area contributed by atoms with Crippen molar-refractivity contribution in [1.29, 1.82) is 0 Å². The van der Waals surface area contributed by atoms with Gasteiger partial charge in [-0.1, -0.05) is 0 Å². The summed E-state index contributed by atoms with van der Waals surface area (Å²) in [6.07, 6.45) is 0. The van der Waals surface area contributed by atoms with Gasteiger partial charge in [0.25, 0.3) is 0 Å². The summed E-state index contributed by atoms with van der Waals surface area (Å²) in [4.78, 5) is 4.66. The van der Waals surface area contributed by atoms with E-state index in [0.29, 0.717) is 13.1 Å². The number of nitrogens with zero attached hydrogens (tertiary/aromatic N) is 2. The molecule has 3 fully saturated rings. The Labute approximate surface area is 132 Å². The SMILES string of the molecule is O=S1(=O)CCN(c2ccc(N3C[C@H]4CNC[C@H]4C3)cc2)CC1. The average Bonchev–Trinajstić information content (AvgIpc) is 3.09. The molecule has 3 aliphatic heterocycles. The predicted octanol–water partition coefficient (Wildman–Crippen LogP) is 0.577. The Balaban J connectivity index is 1.43. The van der Waals surface area contributed by atoms with Crippen LogP contribution in [0.3, 0.4) is 0 Å². The molecular formula is C16H23N3O2S. The second kappa shape index (κ2) is 5.42. The van der Waals surface area contributed by atoms with Gasteiger partial charge in [0.15, 0.2) is 9.84 Å². The lowest BCUT2D eigenvalue weighted by Gasteiger charge is -2.29. The minimum atomic E-state index is -2.81. The molecule has 3 saturated heterocycles. The van der Waals surface area contributed by atoms with Crippen molar-refractivity contribution in [3.63, 3.8) is 0 Å². The number of fused-ring (bicyclic) bond motifs is 1. The molecule has 3 aliphatic rings. The molecule has 22 heavy (non-hydrogen) atoms. The topological polar surface area (TPSA) is 52.7 Å². The van der Waals surface area contributed by atoms with E-state index < -0.39 is 9.84 Å². The van der Waals surface area contributed by atoms with Gasteiger partial charge < -0.3 is 15.1 Å². The van der Waals surface area contributed by atoms with E-state index in [9.17, 15) is 8.42 Å². The van der Waals surface area contributed by atoms with E-state index in [1.54, 1.807) is 0 Å². The van der Waals surface area contributed by atoms with E-state index in [-0.39, 0.29) is 11.5 Å². The van der Waals surface area contributed by atoms with Crippen molar-refractivity contribution in [2.75, 3.05) is 60.6 Å². The second-order valence-corrected chi connectivity index (χ2v) is 9.04. The highest BCUT2D eigenvalue weighted by Gasteiger charge is 2.36. The molecule has 0 saturated carbocycles. The molecule has 0 radical (unpaired) electrons. The van der Waals surface area contributed by atoms with Crippen LogP contribution in [0.5, 0.6) is 0 Å². The van der Waals surface area contributed by atoms with Gasteiger partial charge in [-0.05, 0) is 36.1 Å². The van der Waals surface area contributed by atoms with Crippen LogP contribution in [0.25, 0.3) is 0 Å². The minimum Gasteiger partial charge on any atom is -0.371 e. The number of hydrogen-bond donors (Lipinski definition) is 1. The van der Waals surface area contributed by atoms with Gasteiger partial charge in [-0.2, -0.15) is 0 Å². The molecule has 0 unspecified atom stereocenters. The average molecular weight is 321 g/mol. The number of hydrogen-bond acceptors (Lipinski definition) is 5. The maximum absolute atomic E-state index is 11.5. The predicted molar refractivity (Wildman–Crippen MR) is 89.4 cm³/mol. The lowest BCUT2D eigenvalue weighted by Crippen LogP contribution is -2.40.